The summed E-state index contributed by atoms with van der Waals surface area (Å²) < 4.78 is 8.36. The Morgan fingerprint density at radius 3 is 1.76 bits per heavy atom. The smallest absolute Gasteiger partial charge is 0.377 e. The fourth-order valence-corrected chi connectivity index (χ4v) is 13.8. The lowest BCUT2D eigenvalue weighted by Gasteiger charge is -2.24. The van der Waals surface area contributed by atoms with Gasteiger partial charge in [-0.15, -0.1) is 64.6 Å². The van der Waals surface area contributed by atoms with E-state index in [2.05, 4.69) is 89.5 Å². The van der Waals surface area contributed by atoms with Gasteiger partial charge in [-0.05, 0) is 61.4 Å². The lowest BCUT2D eigenvalue weighted by Crippen LogP contribution is -2.44. The molecular weight excluding hydrogens is 763 g/mol. The summed E-state index contributed by atoms with van der Waals surface area (Å²) >= 11 is 36.6. The molecule has 2 aromatic rings. The maximum atomic E-state index is 6.63. The first-order valence-electron chi connectivity index (χ1n) is 15.8. The standard InChI is InChI=1S/C13H18ClNOSi.C10H13ClSi.C6H11Cl3Si.C5H13ClSi/c1-4-10-17(14)15(3)11(2)13(16-17)12-8-6-5-7-9-12;1-3-9-12(2,11)10-7-5-4-6-8-10;1-2-5-10(8,9)6-3-4-7;1-4-7(3,6)5-2/h4-9,11,13H,1,10H2,2-3H3;3-8H,1,9H2,2H3;2H,1,3-6H2;4-5H2,1-3H3/t11?,13-,17+;;;/m1.../s1. The molecule has 1 aliphatic rings. The molecule has 3 rings (SSSR count). The largest absolute Gasteiger partial charge is 0.383 e. The van der Waals surface area contributed by atoms with Gasteiger partial charge in [0.2, 0.25) is 0 Å². The van der Waals surface area contributed by atoms with E-state index >= 15 is 0 Å². The number of likely N-dealkylation sites (N-methyl/N-ethyl adjacent to an activating group) is 1. The number of halogens is 6. The van der Waals surface area contributed by atoms with E-state index < -0.39 is 29.2 Å². The highest BCUT2D eigenvalue weighted by Crippen LogP contribution is 2.41. The summed E-state index contributed by atoms with van der Waals surface area (Å²) in [7, 11) is -3.16. The van der Waals surface area contributed by atoms with Crippen molar-refractivity contribution in [3.63, 3.8) is 0 Å². The predicted octanol–water partition coefficient (Wildman–Crippen LogP) is 12.9. The molecule has 4 atom stereocenters. The molecule has 12 heteroatoms. The van der Waals surface area contributed by atoms with E-state index in [9.17, 15) is 0 Å². The van der Waals surface area contributed by atoms with E-state index in [1.807, 2.05) is 48.6 Å². The van der Waals surface area contributed by atoms with Gasteiger partial charge in [0.05, 0.1) is 6.10 Å². The van der Waals surface area contributed by atoms with Gasteiger partial charge in [0.15, 0.2) is 14.8 Å². The number of alkyl halides is 1. The Kier molecular flexibility index (Phi) is 23.7. The Hall–Kier alpha value is 0.188. The van der Waals surface area contributed by atoms with Crippen molar-refractivity contribution < 1.29 is 4.43 Å². The fraction of sp³-hybridized carbons (Fsp3) is 0.471. The van der Waals surface area contributed by atoms with Crippen molar-refractivity contribution in [2.24, 2.45) is 0 Å². The fourth-order valence-electron chi connectivity index (χ4n) is 4.31. The molecule has 2 nitrogen and oxygen atoms in total. The van der Waals surface area contributed by atoms with Gasteiger partial charge >= 0.3 is 7.79 Å². The highest BCUT2D eigenvalue weighted by molar-refractivity contribution is 7.45. The van der Waals surface area contributed by atoms with E-state index in [-0.39, 0.29) is 6.10 Å². The minimum atomic E-state index is -2.31. The van der Waals surface area contributed by atoms with Crippen molar-refractivity contribution in [3.8, 4) is 0 Å². The van der Waals surface area contributed by atoms with Crippen molar-refractivity contribution in [1.82, 2.24) is 4.57 Å². The number of hydrogen-bond acceptors (Lipinski definition) is 2. The van der Waals surface area contributed by atoms with Crippen LogP contribution in [0.1, 0.15) is 38.9 Å². The van der Waals surface area contributed by atoms with Gasteiger partial charge in [0.1, 0.15) is 0 Å². The third kappa shape index (κ3) is 17.7. The van der Waals surface area contributed by atoms with E-state index in [0.717, 1.165) is 30.6 Å². The number of nitrogens with zero attached hydrogens (tertiary/aromatic N) is 1. The molecule has 2 aromatic carbocycles. The van der Waals surface area contributed by atoms with Gasteiger partial charge < -0.3 is 4.43 Å². The summed E-state index contributed by atoms with van der Waals surface area (Å²) in [6.45, 7) is 19.9. The van der Waals surface area contributed by atoms with Crippen LogP contribution in [-0.4, -0.2) is 52.8 Å². The molecule has 0 spiro atoms. The Labute approximate surface area is 313 Å². The summed E-state index contributed by atoms with van der Waals surface area (Å²) in [6, 6.07) is 26.6. The van der Waals surface area contributed by atoms with Gasteiger partial charge in [-0.3, -0.25) is 4.57 Å². The summed E-state index contributed by atoms with van der Waals surface area (Å²) in [4.78, 5) is 0. The molecule has 0 amide bonds. The monoisotopic (exact) mass is 815 g/mol. The number of allylic oxidation sites excluding steroid dienone is 3. The molecule has 1 aliphatic heterocycles. The number of hydrogen-bond donors (Lipinski definition) is 0. The molecule has 0 saturated carbocycles. The van der Waals surface area contributed by atoms with Crippen molar-refractivity contribution in [2.45, 2.75) is 88.7 Å². The highest BCUT2D eigenvalue weighted by Gasteiger charge is 2.51. The molecule has 260 valence electrons. The normalized spacial score (nSPS) is 20.8. The lowest BCUT2D eigenvalue weighted by atomic mass is 10.0. The van der Waals surface area contributed by atoms with E-state index in [4.69, 9.17) is 71.4 Å². The highest BCUT2D eigenvalue weighted by atomic mass is 35.7. The SMILES string of the molecule is C=CC[Si@@]1(Cl)O[C@@H](c2ccccc2)C(C)N1C.C=CC[Si](C)(Cl)c1ccccc1.C=CC[Si](Cl)(Cl)CCCCl.CC[Si](C)(Cl)CC. The molecule has 0 N–H and O–H groups in total. The van der Waals surface area contributed by atoms with Crippen LogP contribution in [0.15, 0.2) is 98.6 Å². The Morgan fingerprint density at radius 1 is 0.848 bits per heavy atom. The van der Waals surface area contributed by atoms with Crippen LogP contribution in [0.3, 0.4) is 0 Å². The van der Waals surface area contributed by atoms with Gasteiger partial charge in [0.25, 0.3) is 6.69 Å². The second kappa shape index (κ2) is 23.6. The zero-order chi connectivity index (χ0) is 35.4. The first kappa shape index (κ1) is 46.2. The van der Waals surface area contributed by atoms with Crippen molar-refractivity contribution in [2.75, 3.05) is 12.9 Å². The molecule has 0 aromatic heterocycles. The van der Waals surface area contributed by atoms with Crippen LogP contribution in [0.2, 0.25) is 49.4 Å². The molecule has 0 aliphatic carbocycles. The Balaban J connectivity index is 0.000000620. The summed E-state index contributed by atoms with van der Waals surface area (Å²) in [6.07, 6.45) is 6.53. The van der Waals surface area contributed by atoms with Crippen molar-refractivity contribution in [1.29, 1.82) is 0 Å². The molecular formula is C34H55Cl6NOSi4. The predicted molar refractivity (Wildman–Crippen MR) is 224 cm³/mol. The summed E-state index contributed by atoms with van der Waals surface area (Å²) in [5, 5.41) is 1.28. The van der Waals surface area contributed by atoms with Crippen LogP contribution in [-0.2, 0) is 4.43 Å². The topological polar surface area (TPSA) is 12.5 Å². The summed E-state index contributed by atoms with van der Waals surface area (Å²) in [5.41, 5.74) is 1.20. The van der Waals surface area contributed by atoms with Gasteiger partial charge in [-0.25, -0.2) is 0 Å². The van der Waals surface area contributed by atoms with Crippen LogP contribution in [0, 0.1) is 0 Å². The van der Waals surface area contributed by atoms with E-state index in [1.165, 1.54) is 22.8 Å². The second-order valence-electron chi connectivity index (χ2n) is 11.8. The van der Waals surface area contributed by atoms with E-state index in [0.29, 0.717) is 11.9 Å². The Bertz CT molecular complexity index is 1120. The number of benzene rings is 2. The van der Waals surface area contributed by atoms with Gasteiger partial charge in [-0.2, -0.15) is 22.2 Å². The van der Waals surface area contributed by atoms with Crippen LogP contribution in [0.4, 0.5) is 0 Å². The number of rotatable bonds is 13. The molecule has 1 fully saturated rings. The zero-order valence-corrected chi connectivity index (χ0v) is 37.1. The maximum Gasteiger partial charge on any atom is 0.377 e. The molecule has 46 heavy (non-hydrogen) atoms. The molecule has 0 bridgehead atoms. The Morgan fingerprint density at radius 2 is 1.35 bits per heavy atom. The first-order chi connectivity index (χ1) is 21.5. The minimum absolute atomic E-state index is 0.0744. The van der Waals surface area contributed by atoms with Crippen LogP contribution in [0.5, 0.6) is 0 Å². The summed E-state index contributed by atoms with van der Waals surface area (Å²) in [5.74, 6) is 0.644. The second-order valence-corrected chi connectivity index (χ2v) is 37.1. The van der Waals surface area contributed by atoms with Crippen LogP contribution >= 0.6 is 67.0 Å². The van der Waals surface area contributed by atoms with Crippen LogP contribution < -0.4 is 5.19 Å². The minimum Gasteiger partial charge on any atom is -0.383 e. The maximum absolute atomic E-state index is 6.63. The zero-order valence-electron chi connectivity index (χ0n) is 28.6. The third-order valence-electron chi connectivity index (χ3n) is 7.90. The quantitative estimate of drug-likeness (QED) is 0.0864. The molecule has 1 saturated heterocycles. The van der Waals surface area contributed by atoms with Crippen molar-refractivity contribution in [3.05, 3.63) is 104 Å². The molecule has 1 heterocycles. The van der Waals surface area contributed by atoms with E-state index in [1.54, 1.807) is 6.08 Å². The molecule has 0 radical (unpaired) electrons. The van der Waals surface area contributed by atoms with Gasteiger partial charge in [-0.1, -0.05) is 106 Å². The van der Waals surface area contributed by atoms with Crippen LogP contribution in [0.25, 0.3) is 0 Å². The lowest BCUT2D eigenvalue weighted by molar-refractivity contribution is 0.207. The molecule has 2 unspecified atom stereocenters. The average molecular weight is 819 g/mol. The first-order valence-corrected chi connectivity index (χ1v) is 31.5. The third-order valence-corrected chi connectivity index (χ3v) is 24.9. The average Bonchev–Trinajstić information content (AvgIpc) is 3.26. The van der Waals surface area contributed by atoms with Crippen molar-refractivity contribution >= 4 is 101 Å². The van der Waals surface area contributed by atoms with Gasteiger partial charge in [0, 0.05) is 18.0 Å².